The molecule has 5 heteroatoms. The van der Waals surface area contributed by atoms with Gasteiger partial charge in [-0.1, -0.05) is 18.2 Å². The van der Waals surface area contributed by atoms with Gasteiger partial charge in [0.05, 0.1) is 11.3 Å². The van der Waals surface area contributed by atoms with Crippen LogP contribution >= 0.6 is 0 Å². The van der Waals surface area contributed by atoms with Gasteiger partial charge in [-0.2, -0.15) is 13.2 Å². The van der Waals surface area contributed by atoms with Gasteiger partial charge in [-0.05, 0) is 23.6 Å². The molecule has 0 atom stereocenters. The van der Waals surface area contributed by atoms with Crippen LogP contribution in [0.25, 0.3) is 10.8 Å². The molecule has 84 valence electrons. The molecular formula is C11H9F3N2. The number of hydrazine groups is 1. The first kappa shape index (κ1) is 10.8. The highest BCUT2D eigenvalue weighted by atomic mass is 19.4. The summed E-state index contributed by atoms with van der Waals surface area (Å²) < 4.78 is 37.4. The van der Waals surface area contributed by atoms with Crippen molar-refractivity contribution in [2.24, 2.45) is 5.84 Å². The SMILES string of the molecule is NNc1cccc2cc(C(F)(F)F)ccc12. The normalized spacial score (nSPS) is 11.8. The lowest BCUT2D eigenvalue weighted by atomic mass is 10.1. The van der Waals surface area contributed by atoms with E-state index in [1.807, 2.05) is 0 Å². The van der Waals surface area contributed by atoms with Gasteiger partial charge in [-0.3, -0.25) is 5.84 Å². The van der Waals surface area contributed by atoms with Crippen LogP contribution in [-0.4, -0.2) is 0 Å². The van der Waals surface area contributed by atoms with E-state index in [2.05, 4.69) is 5.43 Å². The summed E-state index contributed by atoms with van der Waals surface area (Å²) in [6.07, 6.45) is -4.32. The summed E-state index contributed by atoms with van der Waals surface area (Å²) in [7, 11) is 0. The molecular weight excluding hydrogens is 217 g/mol. The van der Waals surface area contributed by atoms with Gasteiger partial charge in [0, 0.05) is 5.39 Å². The number of anilines is 1. The molecule has 2 rings (SSSR count). The number of rotatable bonds is 1. The summed E-state index contributed by atoms with van der Waals surface area (Å²) >= 11 is 0. The van der Waals surface area contributed by atoms with Crippen LogP contribution in [0, 0.1) is 0 Å². The van der Waals surface area contributed by atoms with Crippen LogP contribution in [0.3, 0.4) is 0 Å². The Morgan fingerprint density at radius 3 is 2.44 bits per heavy atom. The molecule has 0 amide bonds. The molecule has 0 saturated heterocycles. The van der Waals surface area contributed by atoms with Gasteiger partial charge in [0.2, 0.25) is 0 Å². The summed E-state index contributed by atoms with van der Waals surface area (Å²) in [5, 5.41) is 1.17. The Kier molecular flexibility index (Phi) is 2.47. The van der Waals surface area contributed by atoms with Gasteiger partial charge < -0.3 is 5.43 Å². The highest BCUT2D eigenvalue weighted by molar-refractivity contribution is 5.94. The third kappa shape index (κ3) is 1.81. The number of hydrogen-bond donors (Lipinski definition) is 2. The number of benzene rings is 2. The summed E-state index contributed by atoms with van der Waals surface area (Å²) in [6, 6.07) is 8.53. The van der Waals surface area contributed by atoms with Crippen LogP contribution in [0.5, 0.6) is 0 Å². The minimum Gasteiger partial charge on any atom is -0.324 e. The van der Waals surface area contributed by atoms with Crippen LogP contribution in [0.2, 0.25) is 0 Å². The van der Waals surface area contributed by atoms with Gasteiger partial charge in [-0.25, -0.2) is 0 Å². The topological polar surface area (TPSA) is 38.0 Å². The Balaban J connectivity index is 2.64. The highest BCUT2D eigenvalue weighted by Crippen LogP contribution is 2.32. The molecule has 0 saturated carbocycles. The van der Waals surface area contributed by atoms with Gasteiger partial charge in [0.1, 0.15) is 0 Å². The predicted molar refractivity (Wildman–Crippen MR) is 56.8 cm³/mol. The zero-order chi connectivity index (χ0) is 11.8. The Bertz CT molecular complexity index is 520. The maximum atomic E-state index is 12.5. The lowest BCUT2D eigenvalue weighted by Crippen LogP contribution is -2.08. The molecule has 0 bridgehead atoms. The molecule has 2 nitrogen and oxygen atoms in total. The third-order valence-corrected chi connectivity index (χ3v) is 2.36. The largest absolute Gasteiger partial charge is 0.416 e. The number of nitrogens with two attached hydrogens (primary N) is 1. The van der Waals surface area contributed by atoms with Gasteiger partial charge in [0.25, 0.3) is 0 Å². The molecule has 0 aromatic heterocycles. The lowest BCUT2D eigenvalue weighted by Gasteiger charge is -2.09. The smallest absolute Gasteiger partial charge is 0.324 e. The highest BCUT2D eigenvalue weighted by Gasteiger charge is 2.30. The monoisotopic (exact) mass is 226 g/mol. The number of nitrogen functional groups attached to an aromatic ring is 1. The van der Waals surface area contributed by atoms with Crippen molar-refractivity contribution in [3.8, 4) is 0 Å². The fourth-order valence-electron chi connectivity index (χ4n) is 1.59. The van der Waals surface area contributed by atoms with Crippen LogP contribution in [0.15, 0.2) is 36.4 Å². The quantitative estimate of drug-likeness (QED) is 0.579. The second kappa shape index (κ2) is 3.68. The first-order valence-electron chi connectivity index (χ1n) is 4.59. The van der Waals surface area contributed by atoms with E-state index in [-0.39, 0.29) is 0 Å². The second-order valence-corrected chi connectivity index (χ2v) is 3.38. The first-order chi connectivity index (χ1) is 7.52. The predicted octanol–water partition coefficient (Wildman–Crippen LogP) is 3.14. The number of fused-ring (bicyclic) bond motifs is 1. The van der Waals surface area contributed by atoms with E-state index in [1.54, 1.807) is 18.2 Å². The zero-order valence-corrected chi connectivity index (χ0v) is 8.18. The average Bonchev–Trinajstić information content (AvgIpc) is 2.26. The minimum absolute atomic E-state index is 0.505. The van der Waals surface area contributed by atoms with Crippen molar-refractivity contribution in [2.75, 3.05) is 5.43 Å². The standard InChI is InChI=1S/C11H9F3N2/c12-11(13,14)8-4-5-9-7(6-8)2-1-3-10(9)16-15/h1-6,16H,15H2. The molecule has 0 aliphatic carbocycles. The zero-order valence-electron chi connectivity index (χ0n) is 8.18. The molecule has 0 aliphatic rings. The Hall–Kier alpha value is -1.75. The van der Waals surface area contributed by atoms with Gasteiger partial charge in [-0.15, -0.1) is 0 Å². The second-order valence-electron chi connectivity index (χ2n) is 3.38. The molecule has 0 radical (unpaired) electrons. The summed E-state index contributed by atoms with van der Waals surface area (Å²) in [6.45, 7) is 0. The van der Waals surface area contributed by atoms with Crippen molar-refractivity contribution in [3.63, 3.8) is 0 Å². The van der Waals surface area contributed by atoms with E-state index in [0.29, 0.717) is 16.5 Å². The van der Waals surface area contributed by atoms with Crippen molar-refractivity contribution in [3.05, 3.63) is 42.0 Å². The molecule has 2 aromatic carbocycles. The molecule has 0 aliphatic heterocycles. The maximum Gasteiger partial charge on any atom is 0.416 e. The van der Waals surface area contributed by atoms with Crippen LogP contribution in [0.1, 0.15) is 5.56 Å². The van der Waals surface area contributed by atoms with E-state index >= 15 is 0 Å². The van der Waals surface area contributed by atoms with Crippen molar-refractivity contribution in [1.82, 2.24) is 0 Å². The Morgan fingerprint density at radius 1 is 1.06 bits per heavy atom. The molecule has 16 heavy (non-hydrogen) atoms. The molecule has 0 spiro atoms. The fraction of sp³-hybridized carbons (Fsp3) is 0.0909. The summed E-state index contributed by atoms with van der Waals surface area (Å²) in [4.78, 5) is 0. The number of halogens is 3. The van der Waals surface area contributed by atoms with Crippen molar-refractivity contribution in [2.45, 2.75) is 6.18 Å². The molecule has 0 unspecified atom stereocenters. The Labute approximate surface area is 89.8 Å². The summed E-state index contributed by atoms with van der Waals surface area (Å²) in [5.41, 5.74) is 2.39. The summed E-state index contributed by atoms with van der Waals surface area (Å²) in [5.74, 6) is 5.27. The number of alkyl halides is 3. The van der Waals surface area contributed by atoms with E-state index in [1.165, 1.54) is 6.07 Å². The van der Waals surface area contributed by atoms with Crippen LogP contribution in [0.4, 0.5) is 18.9 Å². The van der Waals surface area contributed by atoms with Crippen LogP contribution < -0.4 is 11.3 Å². The van der Waals surface area contributed by atoms with Crippen LogP contribution in [-0.2, 0) is 6.18 Å². The van der Waals surface area contributed by atoms with E-state index in [0.717, 1.165) is 12.1 Å². The molecule has 0 heterocycles. The molecule has 0 fully saturated rings. The average molecular weight is 226 g/mol. The van der Waals surface area contributed by atoms with E-state index < -0.39 is 11.7 Å². The van der Waals surface area contributed by atoms with Crippen molar-refractivity contribution >= 4 is 16.5 Å². The van der Waals surface area contributed by atoms with Crippen molar-refractivity contribution in [1.29, 1.82) is 0 Å². The van der Waals surface area contributed by atoms with E-state index in [9.17, 15) is 13.2 Å². The first-order valence-corrected chi connectivity index (χ1v) is 4.59. The number of nitrogens with one attached hydrogen (secondary N) is 1. The third-order valence-electron chi connectivity index (χ3n) is 2.36. The molecule has 2 aromatic rings. The minimum atomic E-state index is -4.32. The lowest BCUT2D eigenvalue weighted by molar-refractivity contribution is -0.137. The van der Waals surface area contributed by atoms with Gasteiger partial charge in [0.15, 0.2) is 0 Å². The Morgan fingerprint density at radius 2 is 1.81 bits per heavy atom. The molecule has 3 N–H and O–H groups in total. The van der Waals surface area contributed by atoms with Gasteiger partial charge >= 0.3 is 6.18 Å². The number of hydrogen-bond acceptors (Lipinski definition) is 2. The maximum absolute atomic E-state index is 12.5. The van der Waals surface area contributed by atoms with Crippen molar-refractivity contribution < 1.29 is 13.2 Å². The van der Waals surface area contributed by atoms with E-state index in [4.69, 9.17) is 5.84 Å². The fourth-order valence-corrected chi connectivity index (χ4v) is 1.59.